The SMILES string of the molecule is FC(F)(F)C(F)(F)C(F)(F)C(F)(F)/C=C/C(F)(F)C(F)(F)C(F)(F)C(F)(F)F. The summed E-state index contributed by atoms with van der Waals surface area (Å²) < 4.78 is 222. The zero-order chi connectivity index (χ0) is 23.4. The van der Waals surface area contributed by atoms with Crippen LogP contribution in [0, 0.1) is 0 Å². The van der Waals surface area contributed by atoms with Crippen LogP contribution in [0.2, 0.25) is 0 Å². The van der Waals surface area contributed by atoms with Gasteiger partial charge in [-0.1, -0.05) is 0 Å². The van der Waals surface area contributed by atoms with Crippen molar-refractivity contribution in [3.8, 4) is 0 Å². The van der Waals surface area contributed by atoms with Crippen LogP contribution < -0.4 is 0 Å². The molecule has 0 nitrogen and oxygen atoms in total. The molecule has 0 heterocycles. The van der Waals surface area contributed by atoms with Gasteiger partial charge in [0.05, 0.1) is 0 Å². The van der Waals surface area contributed by atoms with Gasteiger partial charge in [-0.2, -0.15) is 79.0 Å². The molecular weight excluding hydrogens is 462 g/mol. The van der Waals surface area contributed by atoms with E-state index in [2.05, 4.69) is 0 Å². The van der Waals surface area contributed by atoms with Crippen molar-refractivity contribution in [2.45, 2.75) is 47.9 Å². The summed E-state index contributed by atoms with van der Waals surface area (Å²) in [6.45, 7) is 0. The molecule has 18 heteroatoms. The van der Waals surface area contributed by atoms with Gasteiger partial charge in [-0.05, 0) is 12.2 Å². The van der Waals surface area contributed by atoms with Gasteiger partial charge >= 0.3 is 47.9 Å². The fourth-order valence-electron chi connectivity index (χ4n) is 1.19. The lowest BCUT2D eigenvalue weighted by Gasteiger charge is -2.34. The third-order valence-electron chi connectivity index (χ3n) is 2.84. The molecule has 0 fully saturated rings. The molecule has 0 aliphatic rings. The molecule has 0 unspecified atom stereocenters. The van der Waals surface area contributed by atoms with Crippen molar-refractivity contribution >= 4 is 0 Å². The van der Waals surface area contributed by atoms with Gasteiger partial charge in [-0.25, -0.2) is 0 Å². The molecule has 0 aliphatic heterocycles. The zero-order valence-electron chi connectivity index (χ0n) is 12.0. The molecule has 0 aromatic heterocycles. The van der Waals surface area contributed by atoms with E-state index in [0.29, 0.717) is 0 Å². The van der Waals surface area contributed by atoms with Crippen LogP contribution in [-0.2, 0) is 0 Å². The standard InChI is InChI=1S/C10H2F18/c11-3(12,5(15,16)7(19,20)9(23,24)25)1-2-4(13,14)6(17,18)8(21,22)10(26,27)28/h1-2H/b2-1+. The molecule has 0 aliphatic carbocycles. The minimum absolute atomic E-state index is 2.47. The summed E-state index contributed by atoms with van der Waals surface area (Å²) in [4.78, 5) is 0. The van der Waals surface area contributed by atoms with E-state index < -0.39 is 60.0 Å². The number of hydrogen-bond acceptors (Lipinski definition) is 0. The van der Waals surface area contributed by atoms with Crippen molar-refractivity contribution in [1.29, 1.82) is 0 Å². The summed E-state index contributed by atoms with van der Waals surface area (Å²) in [7, 11) is 0. The average Bonchev–Trinajstić information content (AvgIpc) is 2.42. The minimum Gasteiger partial charge on any atom is -0.195 e. The lowest BCUT2D eigenvalue weighted by atomic mass is 9.99. The Kier molecular flexibility index (Phi) is 6.14. The van der Waals surface area contributed by atoms with E-state index in [1.165, 1.54) is 0 Å². The van der Waals surface area contributed by atoms with Crippen LogP contribution in [0.5, 0.6) is 0 Å². The van der Waals surface area contributed by atoms with Gasteiger partial charge in [0.1, 0.15) is 0 Å². The van der Waals surface area contributed by atoms with Gasteiger partial charge in [0.2, 0.25) is 0 Å². The first kappa shape index (κ1) is 26.5. The Bertz CT molecular complexity index is 534. The molecule has 0 rings (SSSR count). The topological polar surface area (TPSA) is 0 Å². The van der Waals surface area contributed by atoms with Gasteiger partial charge in [-0.15, -0.1) is 0 Å². The Labute approximate surface area is 140 Å². The van der Waals surface area contributed by atoms with E-state index in [1.807, 2.05) is 0 Å². The van der Waals surface area contributed by atoms with Crippen LogP contribution in [0.15, 0.2) is 12.2 Å². The van der Waals surface area contributed by atoms with Gasteiger partial charge in [-0.3, -0.25) is 0 Å². The molecular formula is C10H2F18. The van der Waals surface area contributed by atoms with E-state index in [0.717, 1.165) is 0 Å². The number of allylic oxidation sites excluding steroid dienone is 2. The molecule has 0 spiro atoms. The van der Waals surface area contributed by atoms with Crippen molar-refractivity contribution in [1.82, 2.24) is 0 Å². The molecule has 28 heavy (non-hydrogen) atoms. The second-order valence-electron chi connectivity index (χ2n) is 4.87. The van der Waals surface area contributed by atoms with Crippen LogP contribution in [0.3, 0.4) is 0 Å². The maximum atomic E-state index is 12.9. The number of halogens is 18. The van der Waals surface area contributed by atoms with E-state index in [-0.39, 0.29) is 0 Å². The van der Waals surface area contributed by atoms with Crippen molar-refractivity contribution in [2.24, 2.45) is 0 Å². The van der Waals surface area contributed by atoms with Crippen molar-refractivity contribution < 1.29 is 79.0 Å². The summed E-state index contributed by atoms with van der Waals surface area (Å²) >= 11 is 0. The lowest BCUT2D eigenvalue weighted by Crippen LogP contribution is -2.61. The number of alkyl halides is 18. The number of rotatable bonds is 6. The van der Waals surface area contributed by atoms with Crippen LogP contribution in [0.1, 0.15) is 0 Å². The molecule has 168 valence electrons. The second-order valence-corrected chi connectivity index (χ2v) is 4.87. The summed E-state index contributed by atoms with van der Waals surface area (Å²) in [6.07, 6.45) is -19.8. The van der Waals surface area contributed by atoms with Crippen molar-refractivity contribution in [2.75, 3.05) is 0 Å². The Morgan fingerprint density at radius 1 is 0.286 bits per heavy atom. The first-order valence-corrected chi connectivity index (χ1v) is 5.81. The first-order chi connectivity index (χ1) is 11.7. The summed E-state index contributed by atoms with van der Waals surface area (Å²) in [5, 5.41) is 0. The van der Waals surface area contributed by atoms with Crippen LogP contribution in [0.4, 0.5) is 79.0 Å². The molecule has 0 atom stereocenters. The minimum atomic E-state index is -7.65. The highest BCUT2D eigenvalue weighted by molar-refractivity contribution is 5.16. The van der Waals surface area contributed by atoms with Gasteiger partial charge in [0.25, 0.3) is 0 Å². The summed E-state index contributed by atoms with van der Waals surface area (Å²) in [6, 6.07) is 0. The monoisotopic (exact) mass is 464 g/mol. The smallest absolute Gasteiger partial charge is 0.195 e. The highest BCUT2D eigenvalue weighted by atomic mass is 19.4. The maximum absolute atomic E-state index is 12.9. The van der Waals surface area contributed by atoms with Crippen molar-refractivity contribution in [3.63, 3.8) is 0 Å². The maximum Gasteiger partial charge on any atom is 0.460 e. The molecule has 0 amide bonds. The fourth-order valence-corrected chi connectivity index (χ4v) is 1.19. The van der Waals surface area contributed by atoms with Crippen molar-refractivity contribution in [3.05, 3.63) is 12.2 Å². The Balaban J connectivity index is 6.19. The highest BCUT2D eigenvalue weighted by Gasteiger charge is 2.83. The molecule has 0 saturated heterocycles. The Hall–Kier alpha value is -1.52. The molecule has 0 bridgehead atoms. The molecule has 0 aromatic carbocycles. The van der Waals surface area contributed by atoms with Gasteiger partial charge < -0.3 is 0 Å². The molecule has 0 N–H and O–H groups in total. The first-order valence-electron chi connectivity index (χ1n) is 5.81. The Morgan fingerprint density at radius 3 is 0.607 bits per heavy atom. The highest BCUT2D eigenvalue weighted by Crippen LogP contribution is 2.56. The molecule has 0 aromatic rings. The number of hydrogen-bond donors (Lipinski definition) is 0. The average molecular weight is 464 g/mol. The third kappa shape index (κ3) is 3.81. The van der Waals surface area contributed by atoms with E-state index in [4.69, 9.17) is 0 Å². The van der Waals surface area contributed by atoms with E-state index in [9.17, 15) is 79.0 Å². The van der Waals surface area contributed by atoms with Crippen LogP contribution >= 0.6 is 0 Å². The summed E-state index contributed by atoms with van der Waals surface area (Å²) in [5.74, 6) is -44.7. The van der Waals surface area contributed by atoms with E-state index in [1.54, 1.807) is 0 Å². The Morgan fingerprint density at radius 2 is 0.464 bits per heavy atom. The second kappa shape index (κ2) is 6.50. The quantitative estimate of drug-likeness (QED) is 0.312. The van der Waals surface area contributed by atoms with Gasteiger partial charge in [0.15, 0.2) is 0 Å². The summed E-state index contributed by atoms with van der Waals surface area (Å²) in [5.41, 5.74) is 0. The molecule has 0 saturated carbocycles. The van der Waals surface area contributed by atoms with Crippen LogP contribution in [0.25, 0.3) is 0 Å². The van der Waals surface area contributed by atoms with Gasteiger partial charge in [0, 0.05) is 0 Å². The third-order valence-corrected chi connectivity index (χ3v) is 2.84. The normalized spacial score (nSPS) is 16.8. The lowest BCUT2D eigenvalue weighted by molar-refractivity contribution is -0.391. The predicted molar refractivity (Wildman–Crippen MR) is 50.9 cm³/mol. The largest absolute Gasteiger partial charge is 0.460 e. The zero-order valence-corrected chi connectivity index (χ0v) is 12.0. The fraction of sp³-hybridized carbons (Fsp3) is 0.800. The van der Waals surface area contributed by atoms with Crippen LogP contribution in [-0.4, -0.2) is 47.9 Å². The molecule has 0 radical (unpaired) electrons. The van der Waals surface area contributed by atoms with E-state index >= 15 is 0 Å². The predicted octanol–water partition coefficient (Wildman–Crippen LogP) is 6.48.